The summed E-state index contributed by atoms with van der Waals surface area (Å²) in [5, 5.41) is 3.75. The monoisotopic (exact) mass is 303 g/mol. The molecule has 0 aliphatic carbocycles. The summed E-state index contributed by atoms with van der Waals surface area (Å²) >= 11 is 0. The van der Waals surface area contributed by atoms with E-state index in [4.69, 9.17) is 12.2 Å². The number of carbonyl (C=O) groups is 1. The summed E-state index contributed by atoms with van der Waals surface area (Å²) in [6, 6.07) is 18.3. The van der Waals surface area contributed by atoms with Crippen LogP contribution in [0.4, 0.5) is 0 Å². The second kappa shape index (κ2) is 7.62. The van der Waals surface area contributed by atoms with Gasteiger partial charge in [0.05, 0.1) is 11.8 Å². The molecule has 2 N–H and O–H groups in total. The van der Waals surface area contributed by atoms with Crippen LogP contribution in [-0.4, -0.2) is 15.7 Å². The van der Waals surface area contributed by atoms with Crippen molar-refractivity contribution < 1.29 is 4.79 Å². The Labute approximate surface area is 135 Å². The van der Waals surface area contributed by atoms with Gasteiger partial charge in [-0.15, -0.1) is 6.42 Å². The van der Waals surface area contributed by atoms with Crippen molar-refractivity contribution in [3.8, 4) is 23.5 Å². The summed E-state index contributed by atoms with van der Waals surface area (Å²) in [4.78, 5) is 10.4. The summed E-state index contributed by atoms with van der Waals surface area (Å²) in [5.41, 5.74) is 8.72. The van der Waals surface area contributed by atoms with Crippen LogP contribution in [0.25, 0.3) is 11.1 Å². The summed E-state index contributed by atoms with van der Waals surface area (Å²) < 4.78 is 1.53. The van der Waals surface area contributed by atoms with E-state index >= 15 is 0 Å². The van der Waals surface area contributed by atoms with Crippen LogP contribution < -0.4 is 5.73 Å². The Kier molecular flexibility index (Phi) is 5.32. The minimum atomic E-state index is -0.442. The highest BCUT2D eigenvalue weighted by Gasteiger charge is 1.99. The Bertz CT molecular complexity index is 812. The van der Waals surface area contributed by atoms with Crippen molar-refractivity contribution in [3.05, 3.63) is 78.1 Å². The molecular weight excluding hydrogens is 286 g/mol. The smallest absolute Gasteiger partial charge is 0.251 e. The van der Waals surface area contributed by atoms with E-state index in [-0.39, 0.29) is 0 Å². The van der Waals surface area contributed by atoms with Crippen LogP contribution in [0.5, 0.6) is 0 Å². The second-order valence-electron chi connectivity index (χ2n) is 4.85. The molecule has 0 aliphatic heterocycles. The number of benzene rings is 2. The molecule has 1 aromatic heterocycles. The number of aromatic nitrogens is 2. The molecule has 4 nitrogen and oxygen atoms in total. The SMILES string of the molecule is C#Cc1ccc(-c2ccccc2)cc1.Cn1cc(C(N)=O)cn1. The number of nitrogens with two attached hydrogens (primary N) is 1. The Morgan fingerprint density at radius 2 is 1.70 bits per heavy atom. The number of primary amides is 1. The number of rotatable bonds is 2. The third-order valence-corrected chi connectivity index (χ3v) is 3.15. The molecule has 1 amide bonds. The summed E-state index contributed by atoms with van der Waals surface area (Å²) in [7, 11) is 1.73. The first-order valence-electron chi connectivity index (χ1n) is 7.00. The molecule has 0 saturated heterocycles. The molecule has 0 bridgehead atoms. The number of hydrogen-bond donors (Lipinski definition) is 1. The molecule has 0 unspecified atom stereocenters. The van der Waals surface area contributed by atoms with Gasteiger partial charge < -0.3 is 5.73 Å². The maximum Gasteiger partial charge on any atom is 0.251 e. The predicted octanol–water partition coefficient (Wildman–Crippen LogP) is 2.85. The van der Waals surface area contributed by atoms with Gasteiger partial charge in [0.15, 0.2) is 0 Å². The van der Waals surface area contributed by atoms with Gasteiger partial charge in [0, 0.05) is 18.8 Å². The largest absolute Gasteiger partial charge is 0.366 e. The van der Waals surface area contributed by atoms with Gasteiger partial charge in [0.25, 0.3) is 5.91 Å². The van der Waals surface area contributed by atoms with Crippen LogP contribution in [0.1, 0.15) is 15.9 Å². The fraction of sp³-hybridized carbons (Fsp3) is 0.0526. The van der Waals surface area contributed by atoms with E-state index in [1.807, 2.05) is 42.5 Å². The molecule has 1 heterocycles. The van der Waals surface area contributed by atoms with Gasteiger partial charge in [0.2, 0.25) is 0 Å². The maximum absolute atomic E-state index is 10.4. The van der Waals surface area contributed by atoms with Crippen molar-refractivity contribution in [2.45, 2.75) is 0 Å². The van der Waals surface area contributed by atoms with Gasteiger partial charge in [-0.2, -0.15) is 5.10 Å². The van der Waals surface area contributed by atoms with Crippen molar-refractivity contribution in [2.75, 3.05) is 0 Å². The number of aryl methyl sites for hydroxylation is 1. The Hall–Kier alpha value is -3.32. The van der Waals surface area contributed by atoms with Crippen molar-refractivity contribution in [1.82, 2.24) is 9.78 Å². The van der Waals surface area contributed by atoms with Gasteiger partial charge in [-0.25, -0.2) is 0 Å². The zero-order valence-corrected chi connectivity index (χ0v) is 12.8. The van der Waals surface area contributed by atoms with E-state index < -0.39 is 5.91 Å². The number of nitrogens with zero attached hydrogens (tertiary/aromatic N) is 2. The first-order chi connectivity index (χ1) is 11.1. The van der Waals surface area contributed by atoms with Crippen LogP contribution in [0.3, 0.4) is 0 Å². The Morgan fingerprint density at radius 1 is 1.09 bits per heavy atom. The molecule has 2 aromatic carbocycles. The fourth-order valence-electron chi connectivity index (χ4n) is 1.94. The molecule has 0 atom stereocenters. The van der Waals surface area contributed by atoms with E-state index in [2.05, 4.69) is 23.2 Å². The zero-order chi connectivity index (χ0) is 16.7. The third kappa shape index (κ3) is 4.58. The van der Waals surface area contributed by atoms with Crippen molar-refractivity contribution >= 4 is 5.91 Å². The standard InChI is InChI=1S/C14H10.C5H7N3O/c1-2-12-8-10-14(11-9-12)13-6-4-3-5-7-13;1-8-3-4(2-7-8)5(6)9/h1,3-11H;2-3H,1H3,(H2,6,9). The van der Waals surface area contributed by atoms with E-state index in [0.29, 0.717) is 5.56 Å². The van der Waals surface area contributed by atoms with E-state index in [1.54, 1.807) is 13.2 Å². The first-order valence-corrected chi connectivity index (χ1v) is 7.00. The van der Waals surface area contributed by atoms with Crippen LogP contribution >= 0.6 is 0 Å². The number of hydrogen-bond acceptors (Lipinski definition) is 2. The third-order valence-electron chi connectivity index (χ3n) is 3.15. The highest BCUT2D eigenvalue weighted by molar-refractivity contribution is 5.92. The zero-order valence-electron chi connectivity index (χ0n) is 12.8. The number of carbonyl (C=O) groups excluding carboxylic acids is 1. The summed E-state index contributed by atoms with van der Waals surface area (Å²) in [6.45, 7) is 0. The normalized spacial score (nSPS) is 9.39. The lowest BCUT2D eigenvalue weighted by Crippen LogP contribution is -2.09. The minimum absolute atomic E-state index is 0.442. The molecular formula is C19H17N3O. The minimum Gasteiger partial charge on any atom is -0.366 e. The molecule has 4 heteroatoms. The highest BCUT2D eigenvalue weighted by Crippen LogP contribution is 2.18. The van der Waals surface area contributed by atoms with E-state index in [0.717, 1.165) is 5.56 Å². The van der Waals surface area contributed by atoms with Crippen LogP contribution in [-0.2, 0) is 7.05 Å². The van der Waals surface area contributed by atoms with Crippen molar-refractivity contribution in [2.24, 2.45) is 12.8 Å². The van der Waals surface area contributed by atoms with Gasteiger partial charge >= 0.3 is 0 Å². The van der Waals surface area contributed by atoms with Crippen LogP contribution in [0.15, 0.2) is 67.0 Å². The molecule has 0 saturated carbocycles. The van der Waals surface area contributed by atoms with E-state index in [9.17, 15) is 4.79 Å². The second-order valence-corrected chi connectivity index (χ2v) is 4.85. The molecule has 0 spiro atoms. The predicted molar refractivity (Wildman–Crippen MR) is 91.5 cm³/mol. The van der Waals surface area contributed by atoms with Gasteiger partial charge in [-0.05, 0) is 23.3 Å². The van der Waals surface area contributed by atoms with Gasteiger partial charge in [-0.1, -0.05) is 48.4 Å². The van der Waals surface area contributed by atoms with Crippen LogP contribution in [0, 0.1) is 12.3 Å². The average Bonchev–Trinajstić information content (AvgIpc) is 3.03. The van der Waals surface area contributed by atoms with Gasteiger partial charge in [0.1, 0.15) is 0 Å². The molecule has 23 heavy (non-hydrogen) atoms. The Morgan fingerprint density at radius 3 is 2.13 bits per heavy atom. The lowest BCUT2D eigenvalue weighted by molar-refractivity contribution is 0.1000. The molecule has 0 fully saturated rings. The molecule has 3 aromatic rings. The highest BCUT2D eigenvalue weighted by atomic mass is 16.1. The first kappa shape index (κ1) is 16.1. The number of amides is 1. The van der Waals surface area contributed by atoms with Gasteiger partial charge in [-0.3, -0.25) is 9.48 Å². The Balaban J connectivity index is 0.000000185. The van der Waals surface area contributed by atoms with E-state index in [1.165, 1.54) is 22.0 Å². The maximum atomic E-state index is 10.4. The number of terminal acetylenes is 1. The fourth-order valence-corrected chi connectivity index (χ4v) is 1.94. The lowest BCUT2D eigenvalue weighted by atomic mass is 10.0. The molecule has 0 aliphatic rings. The lowest BCUT2D eigenvalue weighted by Gasteiger charge is -2.00. The van der Waals surface area contributed by atoms with Crippen molar-refractivity contribution in [3.63, 3.8) is 0 Å². The molecule has 3 rings (SSSR count). The summed E-state index contributed by atoms with van der Waals surface area (Å²) in [5.74, 6) is 2.16. The topological polar surface area (TPSA) is 60.9 Å². The van der Waals surface area contributed by atoms with Crippen LogP contribution in [0.2, 0.25) is 0 Å². The van der Waals surface area contributed by atoms with Crippen molar-refractivity contribution in [1.29, 1.82) is 0 Å². The molecule has 114 valence electrons. The summed E-state index contributed by atoms with van der Waals surface area (Å²) in [6.07, 6.45) is 8.29. The average molecular weight is 303 g/mol. The quantitative estimate of drug-likeness (QED) is 0.740. The molecule has 0 radical (unpaired) electrons.